The number of rotatable bonds is 8. The third-order valence-corrected chi connectivity index (χ3v) is 3.22. The number of alkyl halides is 2. The van der Waals surface area contributed by atoms with Crippen molar-refractivity contribution >= 4 is 23.2 Å². The molecule has 0 unspecified atom stereocenters. The Bertz CT molecular complexity index is 116. The first-order chi connectivity index (χ1) is 6.18. The molecule has 0 fully saturated rings. The lowest BCUT2D eigenvalue weighted by molar-refractivity contribution is 0.0587. The van der Waals surface area contributed by atoms with E-state index >= 15 is 0 Å². The van der Waals surface area contributed by atoms with Crippen LogP contribution < -0.4 is 0 Å². The van der Waals surface area contributed by atoms with Gasteiger partial charge in [-0.25, -0.2) is 0 Å². The molecule has 0 N–H and O–H groups in total. The summed E-state index contributed by atoms with van der Waals surface area (Å²) in [4.78, 5) is 0. The first-order valence-corrected chi connectivity index (χ1v) is 5.44. The second-order valence-corrected chi connectivity index (χ2v) is 3.97. The number of ether oxygens (including phenoxy) is 2. The summed E-state index contributed by atoms with van der Waals surface area (Å²) in [6, 6.07) is 0. The molecule has 0 aliphatic rings. The average molecular weight is 229 g/mol. The van der Waals surface area contributed by atoms with Crippen LogP contribution in [-0.2, 0) is 9.47 Å². The molecule has 2 nitrogen and oxygen atoms in total. The molecule has 0 rings (SSSR count). The highest BCUT2D eigenvalue weighted by Crippen LogP contribution is 2.24. The molecule has 0 bridgehead atoms. The van der Waals surface area contributed by atoms with Gasteiger partial charge in [-0.1, -0.05) is 6.92 Å². The zero-order valence-electron chi connectivity index (χ0n) is 8.32. The van der Waals surface area contributed by atoms with Crippen LogP contribution in [0.1, 0.15) is 13.3 Å². The second kappa shape index (κ2) is 7.86. The third-order valence-electron chi connectivity index (χ3n) is 1.93. The fraction of sp³-hybridized carbons (Fsp3) is 1.00. The molecule has 0 atom stereocenters. The van der Waals surface area contributed by atoms with E-state index in [1.165, 1.54) is 0 Å². The van der Waals surface area contributed by atoms with Crippen molar-refractivity contribution in [3.8, 4) is 0 Å². The summed E-state index contributed by atoms with van der Waals surface area (Å²) in [5, 5.41) is 0. The maximum atomic E-state index is 5.78. The van der Waals surface area contributed by atoms with Crippen molar-refractivity contribution in [2.45, 2.75) is 13.3 Å². The summed E-state index contributed by atoms with van der Waals surface area (Å²) in [6.07, 6.45) is 0.893. The van der Waals surface area contributed by atoms with E-state index in [0.29, 0.717) is 31.6 Å². The Morgan fingerprint density at radius 3 is 2.15 bits per heavy atom. The molecule has 80 valence electrons. The Kier molecular flexibility index (Phi) is 8.17. The molecule has 4 heteroatoms. The van der Waals surface area contributed by atoms with Gasteiger partial charge in [-0.3, -0.25) is 0 Å². The lowest BCUT2D eigenvalue weighted by atomic mass is 9.92. The molecule has 0 aromatic rings. The highest BCUT2D eigenvalue weighted by Gasteiger charge is 2.21. The van der Waals surface area contributed by atoms with Gasteiger partial charge in [-0.05, 0) is 11.8 Å². The standard InChI is InChI=1S/C9H18Cl2O2/c1-9(7-10,8-11)3-4-13-6-5-12-2/h3-8H2,1-2H3. The quantitative estimate of drug-likeness (QED) is 0.470. The van der Waals surface area contributed by atoms with Crippen molar-refractivity contribution in [2.75, 3.05) is 38.7 Å². The summed E-state index contributed by atoms with van der Waals surface area (Å²) in [5.41, 5.74) is -0.00379. The van der Waals surface area contributed by atoms with Crippen LogP contribution in [-0.4, -0.2) is 38.7 Å². The van der Waals surface area contributed by atoms with Crippen molar-refractivity contribution < 1.29 is 9.47 Å². The van der Waals surface area contributed by atoms with Crippen LogP contribution in [0.2, 0.25) is 0 Å². The van der Waals surface area contributed by atoms with Crippen LogP contribution >= 0.6 is 23.2 Å². The summed E-state index contributed by atoms with van der Waals surface area (Å²) < 4.78 is 10.2. The van der Waals surface area contributed by atoms with Crippen molar-refractivity contribution in [1.29, 1.82) is 0 Å². The van der Waals surface area contributed by atoms with E-state index in [1.54, 1.807) is 7.11 Å². The SMILES string of the molecule is COCCOCCC(C)(CCl)CCl. The zero-order chi connectivity index (χ0) is 10.2. The predicted octanol–water partition coefficient (Wildman–Crippen LogP) is 2.52. The molecule has 13 heavy (non-hydrogen) atoms. The molecular formula is C9H18Cl2O2. The summed E-state index contributed by atoms with van der Waals surface area (Å²) in [6.45, 7) is 4.03. The van der Waals surface area contributed by atoms with E-state index < -0.39 is 0 Å². The lowest BCUT2D eigenvalue weighted by Crippen LogP contribution is -2.23. The average Bonchev–Trinajstić information content (AvgIpc) is 2.17. The number of hydrogen-bond donors (Lipinski definition) is 0. The molecule has 0 saturated carbocycles. The first-order valence-electron chi connectivity index (χ1n) is 4.37. The maximum Gasteiger partial charge on any atom is 0.0700 e. The molecule has 0 saturated heterocycles. The van der Waals surface area contributed by atoms with Gasteiger partial charge in [-0.15, -0.1) is 23.2 Å². The van der Waals surface area contributed by atoms with Crippen LogP contribution in [0.15, 0.2) is 0 Å². The van der Waals surface area contributed by atoms with Crippen molar-refractivity contribution in [1.82, 2.24) is 0 Å². The lowest BCUT2D eigenvalue weighted by Gasteiger charge is -2.23. The van der Waals surface area contributed by atoms with Gasteiger partial charge >= 0.3 is 0 Å². The van der Waals surface area contributed by atoms with Gasteiger partial charge in [0.2, 0.25) is 0 Å². The van der Waals surface area contributed by atoms with Gasteiger partial charge in [0, 0.05) is 25.5 Å². The second-order valence-electron chi connectivity index (χ2n) is 3.43. The Balaban J connectivity index is 3.39. The van der Waals surface area contributed by atoms with Gasteiger partial charge < -0.3 is 9.47 Å². The van der Waals surface area contributed by atoms with Crippen LogP contribution in [0.4, 0.5) is 0 Å². The van der Waals surface area contributed by atoms with Crippen molar-refractivity contribution in [3.05, 3.63) is 0 Å². The van der Waals surface area contributed by atoms with Gasteiger partial charge in [-0.2, -0.15) is 0 Å². The van der Waals surface area contributed by atoms with Crippen LogP contribution in [0, 0.1) is 5.41 Å². The van der Waals surface area contributed by atoms with Gasteiger partial charge in [0.25, 0.3) is 0 Å². The topological polar surface area (TPSA) is 18.5 Å². The molecule has 0 spiro atoms. The Morgan fingerprint density at radius 1 is 1.08 bits per heavy atom. The minimum Gasteiger partial charge on any atom is -0.382 e. The third kappa shape index (κ3) is 6.55. The normalized spacial score (nSPS) is 12.0. The Morgan fingerprint density at radius 2 is 1.69 bits per heavy atom. The first kappa shape index (κ1) is 13.5. The Hall–Kier alpha value is 0.500. The molecule has 0 aromatic heterocycles. The van der Waals surface area contributed by atoms with Gasteiger partial charge in [0.05, 0.1) is 13.2 Å². The van der Waals surface area contributed by atoms with Gasteiger partial charge in [0.1, 0.15) is 0 Å². The van der Waals surface area contributed by atoms with E-state index in [0.717, 1.165) is 6.42 Å². The summed E-state index contributed by atoms with van der Waals surface area (Å²) in [5.74, 6) is 1.15. The number of halogens is 2. The van der Waals surface area contributed by atoms with E-state index in [-0.39, 0.29) is 5.41 Å². The summed E-state index contributed by atoms with van der Waals surface area (Å²) >= 11 is 11.6. The fourth-order valence-corrected chi connectivity index (χ4v) is 1.29. The van der Waals surface area contributed by atoms with Crippen molar-refractivity contribution in [2.24, 2.45) is 5.41 Å². The zero-order valence-corrected chi connectivity index (χ0v) is 9.83. The Labute approximate surface area is 90.5 Å². The minimum atomic E-state index is -0.00379. The van der Waals surface area contributed by atoms with E-state index in [2.05, 4.69) is 6.92 Å². The molecule has 0 heterocycles. The number of methoxy groups -OCH3 is 1. The smallest absolute Gasteiger partial charge is 0.0700 e. The molecule has 0 radical (unpaired) electrons. The molecule has 0 aromatic carbocycles. The molecule has 0 aliphatic carbocycles. The van der Waals surface area contributed by atoms with E-state index in [1.807, 2.05) is 0 Å². The number of hydrogen-bond acceptors (Lipinski definition) is 2. The van der Waals surface area contributed by atoms with E-state index in [4.69, 9.17) is 32.7 Å². The molecule has 0 amide bonds. The molecule has 0 aliphatic heterocycles. The monoisotopic (exact) mass is 228 g/mol. The van der Waals surface area contributed by atoms with Crippen LogP contribution in [0.3, 0.4) is 0 Å². The predicted molar refractivity (Wildman–Crippen MR) is 56.9 cm³/mol. The summed E-state index contributed by atoms with van der Waals surface area (Å²) in [7, 11) is 1.66. The minimum absolute atomic E-state index is 0.00379. The highest BCUT2D eigenvalue weighted by molar-refractivity contribution is 6.21. The maximum absolute atomic E-state index is 5.78. The highest BCUT2D eigenvalue weighted by atomic mass is 35.5. The molecular weight excluding hydrogens is 211 g/mol. The fourth-order valence-electron chi connectivity index (χ4n) is 0.732. The van der Waals surface area contributed by atoms with Crippen LogP contribution in [0.25, 0.3) is 0 Å². The van der Waals surface area contributed by atoms with Crippen LogP contribution in [0.5, 0.6) is 0 Å². The van der Waals surface area contributed by atoms with Crippen molar-refractivity contribution in [3.63, 3.8) is 0 Å². The largest absolute Gasteiger partial charge is 0.382 e. The van der Waals surface area contributed by atoms with E-state index in [9.17, 15) is 0 Å². The van der Waals surface area contributed by atoms with Gasteiger partial charge in [0.15, 0.2) is 0 Å².